The second-order valence-electron chi connectivity index (χ2n) is 8.31. The first-order chi connectivity index (χ1) is 13.2. The molecule has 5 nitrogen and oxygen atoms in total. The molecule has 1 aromatic rings. The standard InChI is InChI=1S/C22H22ClN5/c1-21(2,3)28-8-7-16-17(10-24)20(27)22(12-25,13-26)19(18(16)11-28)14-5-4-6-15(23)9-14/h4-7,9,18-19H,8,11,27H2,1-3H3/t18-,19-/m0/s1. The highest BCUT2D eigenvalue weighted by Gasteiger charge is 2.54. The summed E-state index contributed by atoms with van der Waals surface area (Å²) in [6.45, 7) is 7.68. The number of nitriles is 3. The van der Waals surface area contributed by atoms with Crippen LogP contribution in [0.1, 0.15) is 32.3 Å². The van der Waals surface area contributed by atoms with Crippen molar-refractivity contribution in [2.75, 3.05) is 13.1 Å². The third kappa shape index (κ3) is 2.96. The van der Waals surface area contributed by atoms with Crippen molar-refractivity contribution >= 4 is 11.6 Å². The Morgan fingerprint density at radius 2 is 1.89 bits per heavy atom. The van der Waals surface area contributed by atoms with Crippen LogP contribution < -0.4 is 5.73 Å². The quantitative estimate of drug-likeness (QED) is 0.783. The van der Waals surface area contributed by atoms with E-state index in [1.54, 1.807) is 12.1 Å². The molecule has 1 aliphatic carbocycles. The molecule has 0 saturated heterocycles. The highest BCUT2D eigenvalue weighted by molar-refractivity contribution is 6.30. The van der Waals surface area contributed by atoms with Crippen LogP contribution in [0.15, 0.2) is 47.2 Å². The minimum atomic E-state index is -1.63. The Kier molecular flexibility index (Phi) is 4.99. The van der Waals surface area contributed by atoms with Gasteiger partial charge in [0.25, 0.3) is 0 Å². The molecule has 0 aromatic heterocycles. The second-order valence-corrected chi connectivity index (χ2v) is 8.74. The van der Waals surface area contributed by atoms with Crippen molar-refractivity contribution in [3.63, 3.8) is 0 Å². The summed E-state index contributed by atoms with van der Waals surface area (Å²) < 4.78 is 0. The van der Waals surface area contributed by atoms with E-state index in [1.807, 2.05) is 18.2 Å². The first-order valence-corrected chi connectivity index (χ1v) is 9.51. The van der Waals surface area contributed by atoms with Gasteiger partial charge < -0.3 is 5.73 Å². The first-order valence-electron chi connectivity index (χ1n) is 9.13. The number of hydrogen-bond acceptors (Lipinski definition) is 5. The molecule has 1 aromatic carbocycles. The SMILES string of the molecule is CC(C)(C)N1CC=C2C(C#N)=C(N)C(C#N)(C#N)[C@@H](c3cccc(Cl)c3)[C@H]2C1. The molecule has 28 heavy (non-hydrogen) atoms. The summed E-state index contributed by atoms with van der Waals surface area (Å²) in [4.78, 5) is 2.29. The monoisotopic (exact) mass is 391 g/mol. The van der Waals surface area contributed by atoms with Crippen LogP contribution in [0.3, 0.4) is 0 Å². The summed E-state index contributed by atoms with van der Waals surface area (Å²) in [5, 5.41) is 30.5. The molecule has 0 bridgehead atoms. The molecule has 0 amide bonds. The zero-order valence-corrected chi connectivity index (χ0v) is 17.0. The van der Waals surface area contributed by atoms with Crippen LogP contribution in [0.2, 0.25) is 5.02 Å². The largest absolute Gasteiger partial charge is 0.399 e. The maximum atomic E-state index is 10.1. The van der Waals surface area contributed by atoms with E-state index in [2.05, 4.69) is 43.9 Å². The molecule has 2 N–H and O–H groups in total. The fourth-order valence-corrected chi connectivity index (χ4v) is 4.50. The molecular formula is C22H22ClN5. The van der Waals surface area contributed by atoms with Crippen LogP contribution in [-0.4, -0.2) is 23.5 Å². The summed E-state index contributed by atoms with van der Waals surface area (Å²) >= 11 is 6.23. The number of nitrogens with two attached hydrogens (primary N) is 1. The van der Waals surface area contributed by atoms with E-state index in [1.165, 1.54) is 0 Å². The van der Waals surface area contributed by atoms with Gasteiger partial charge in [0.2, 0.25) is 0 Å². The van der Waals surface area contributed by atoms with Gasteiger partial charge in [-0.05, 0) is 44.0 Å². The van der Waals surface area contributed by atoms with Crippen LogP contribution in [0.4, 0.5) is 0 Å². The fourth-order valence-electron chi connectivity index (χ4n) is 4.30. The number of hydrogen-bond donors (Lipinski definition) is 1. The highest BCUT2D eigenvalue weighted by atomic mass is 35.5. The van der Waals surface area contributed by atoms with Crippen molar-refractivity contribution in [2.24, 2.45) is 17.1 Å². The Morgan fingerprint density at radius 3 is 2.43 bits per heavy atom. The number of nitrogens with zero attached hydrogens (tertiary/aromatic N) is 4. The summed E-state index contributed by atoms with van der Waals surface area (Å²) in [6.07, 6.45) is 2.01. The molecule has 1 heterocycles. The number of fused-ring (bicyclic) bond motifs is 1. The summed E-state index contributed by atoms with van der Waals surface area (Å²) in [5.74, 6) is -0.734. The average Bonchev–Trinajstić information content (AvgIpc) is 2.66. The van der Waals surface area contributed by atoms with E-state index < -0.39 is 11.3 Å². The predicted molar refractivity (Wildman–Crippen MR) is 108 cm³/mol. The van der Waals surface area contributed by atoms with Crippen molar-refractivity contribution in [1.29, 1.82) is 15.8 Å². The summed E-state index contributed by atoms with van der Waals surface area (Å²) in [5.41, 5.74) is 6.49. The van der Waals surface area contributed by atoms with Crippen molar-refractivity contribution in [2.45, 2.75) is 32.2 Å². The fraction of sp³-hybridized carbons (Fsp3) is 0.409. The molecule has 6 heteroatoms. The number of allylic oxidation sites excluding steroid dienone is 2. The molecule has 0 spiro atoms. The van der Waals surface area contributed by atoms with E-state index in [9.17, 15) is 15.8 Å². The average molecular weight is 392 g/mol. The topological polar surface area (TPSA) is 101 Å². The number of benzene rings is 1. The van der Waals surface area contributed by atoms with Gasteiger partial charge in [0.05, 0.1) is 23.4 Å². The lowest BCUT2D eigenvalue weighted by Crippen LogP contribution is -2.52. The zero-order chi connectivity index (χ0) is 20.7. The Bertz CT molecular complexity index is 979. The van der Waals surface area contributed by atoms with Crippen LogP contribution in [-0.2, 0) is 0 Å². The van der Waals surface area contributed by atoms with Crippen molar-refractivity contribution in [3.05, 3.63) is 57.8 Å². The Labute approximate surface area is 170 Å². The molecule has 0 fully saturated rings. The van der Waals surface area contributed by atoms with Gasteiger partial charge in [-0.25, -0.2) is 0 Å². The molecule has 0 radical (unpaired) electrons. The minimum absolute atomic E-state index is 0.0386. The van der Waals surface area contributed by atoms with Gasteiger partial charge in [-0.15, -0.1) is 0 Å². The molecule has 142 valence electrons. The molecule has 0 unspecified atom stereocenters. The highest BCUT2D eigenvalue weighted by Crippen LogP contribution is 2.54. The molecule has 3 rings (SSSR count). The van der Waals surface area contributed by atoms with Crippen LogP contribution in [0.5, 0.6) is 0 Å². The lowest BCUT2D eigenvalue weighted by molar-refractivity contribution is 0.110. The lowest BCUT2D eigenvalue weighted by Gasteiger charge is -2.48. The summed E-state index contributed by atoms with van der Waals surface area (Å²) in [6, 6.07) is 13.7. The lowest BCUT2D eigenvalue weighted by atomic mass is 9.58. The number of halogens is 1. The maximum absolute atomic E-state index is 10.1. The number of rotatable bonds is 1. The van der Waals surface area contributed by atoms with E-state index >= 15 is 0 Å². The van der Waals surface area contributed by atoms with Gasteiger partial charge in [-0.1, -0.05) is 29.8 Å². The Balaban J connectivity index is 2.31. The van der Waals surface area contributed by atoms with Gasteiger partial charge in [0.15, 0.2) is 5.41 Å². The predicted octanol–water partition coefficient (Wildman–Crippen LogP) is 3.86. The third-order valence-electron chi connectivity index (χ3n) is 5.82. The molecule has 0 saturated carbocycles. The summed E-state index contributed by atoms with van der Waals surface area (Å²) in [7, 11) is 0. The Morgan fingerprint density at radius 1 is 1.21 bits per heavy atom. The van der Waals surface area contributed by atoms with E-state index in [0.29, 0.717) is 18.1 Å². The Hall–Kier alpha value is -2.78. The van der Waals surface area contributed by atoms with Crippen LogP contribution in [0.25, 0.3) is 0 Å². The third-order valence-corrected chi connectivity index (χ3v) is 6.06. The van der Waals surface area contributed by atoms with Crippen LogP contribution in [0, 0.1) is 45.3 Å². The van der Waals surface area contributed by atoms with Gasteiger partial charge in [0.1, 0.15) is 6.07 Å². The maximum Gasteiger partial charge on any atom is 0.191 e. The van der Waals surface area contributed by atoms with E-state index in [-0.39, 0.29) is 22.7 Å². The van der Waals surface area contributed by atoms with Crippen LogP contribution >= 0.6 is 11.6 Å². The normalized spacial score (nSPS) is 24.4. The van der Waals surface area contributed by atoms with Gasteiger partial charge in [-0.2, -0.15) is 15.8 Å². The van der Waals surface area contributed by atoms with E-state index in [4.69, 9.17) is 17.3 Å². The molecule has 1 aliphatic heterocycles. The van der Waals surface area contributed by atoms with Gasteiger partial charge in [0, 0.05) is 35.5 Å². The second kappa shape index (κ2) is 6.99. The van der Waals surface area contributed by atoms with E-state index in [0.717, 1.165) is 11.1 Å². The first kappa shape index (κ1) is 20.0. The van der Waals surface area contributed by atoms with Crippen molar-refractivity contribution in [3.8, 4) is 18.2 Å². The van der Waals surface area contributed by atoms with Crippen molar-refractivity contribution in [1.82, 2.24) is 4.90 Å². The van der Waals surface area contributed by atoms with Gasteiger partial charge >= 0.3 is 0 Å². The molecule has 2 aliphatic rings. The molecule has 2 atom stereocenters. The van der Waals surface area contributed by atoms with Gasteiger partial charge in [-0.3, -0.25) is 4.90 Å². The smallest absolute Gasteiger partial charge is 0.191 e. The van der Waals surface area contributed by atoms with Crippen molar-refractivity contribution < 1.29 is 0 Å². The molecular weight excluding hydrogens is 370 g/mol. The zero-order valence-electron chi connectivity index (χ0n) is 16.2. The minimum Gasteiger partial charge on any atom is -0.399 e.